The molecule has 4 nitrogen and oxygen atoms in total. The molecule has 1 aliphatic heterocycles. The molecule has 1 fully saturated rings. The predicted molar refractivity (Wildman–Crippen MR) is 79.6 cm³/mol. The summed E-state index contributed by atoms with van der Waals surface area (Å²) in [6.07, 6.45) is 6.68. The average molecular weight is 273 g/mol. The van der Waals surface area contributed by atoms with E-state index in [0.717, 1.165) is 25.4 Å². The molecule has 2 rings (SSSR count). The van der Waals surface area contributed by atoms with Crippen LogP contribution in [-0.4, -0.2) is 30.3 Å². The Balaban J connectivity index is 2.00. The fourth-order valence-corrected chi connectivity index (χ4v) is 2.66. The van der Waals surface area contributed by atoms with E-state index in [-0.39, 0.29) is 0 Å². The summed E-state index contributed by atoms with van der Waals surface area (Å²) in [5.74, 6) is 0.984. The molecule has 0 aromatic carbocycles. The second-order valence-electron chi connectivity index (χ2n) is 5.57. The lowest BCUT2D eigenvalue weighted by Gasteiger charge is -2.36. The van der Waals surface area contributed by atoms with E-state index in [1.807, 2.05) is 12.1 Å². The first-order chi connectivity index (χ1) is 9.70. The SMILES string of the molecule is CC(C)OCC[C@@H]1CCCCN1c1ccc(C#N)cn1. The van der Waals surface area contributed by atoms with E-state index in [0.29, 0.717) is 17.7 Å². The summed E-state index contributed by atoms with van der Waals surface area (Å²) in [5.41, 5.74) is 0.616. The molecule has 1 aliphatic rings. The quantitative estimate of drug-likeness (QED) is 0.827. The Morgan fingerprint density at radius 1 is 1.45 bits per heavy atom. The van der Waals surface area contributed by atoms with Gasteiger partial charge in [-0.2, -0.15) is 5.26 Å². The maximum atomic E-state index is 8.84. The van der Waals surface area contributed by atoms with E-state index < -0.39 is 0 Å². The van der Waals surface area contributed by atoms with Crippen LogP contribution in [0.25, 0.3) is 0 Å². The highest BCUT2D eigenvalue weighted by molar-refractivity contribution is 5.43. The number of anilines is 1. The molecule has 0 bridgehead atoms. The molecule has 1 aromatic rings. The van der Waals surface area contributed by atoms with Crippen molar-refractivity contribution >= 4 is 5.82 Å². The smallest absolute Gasteiger partial charge is 0.128 e. The number of hydrogen-bond acceptors (Lipinski definition) is 4. The van der Waals surface area contributed by atoms with Crippen molar-refractivity contribution in [3.05, 3.63) is 23.9 Å². The van der Waals surface area contributed by atoms with Crippen molar-refractivity contribution in [1.29, 1.82) is 5.26 Å². The number of piperidine rings is 1. The minimum atomic E-state index is 0.292. The Bertz CT molecular complexity index is 450. The van der Waals surface area contributed by atoms with Gasteiger partial charge in [-0.25, -0.2) is 4.98 Å². The van der Waals surface area contributed by atoms with Crippen LogP contribution < -0.4 is 4.90 Å². The molecular formula is C16H23N3O. The number of nitriles is 1. The molecular weight excluding hydrogens is 250 g/mol. The third-order valence-corrected chi connectivity index (χ3v) is 3.70. The molecule has 0 saturated carbocycles. The van der Waals surface area contributed by atoms with Gasteiger partial charge in [0.15, 0.2) is 0 Å². The topological polar surface area (TPSA) is 49.1 Å². The second-order valence-corrected chi connectivity index (χ2v) is 5.57. The van der Waals surface area contributed by atoms with Crippen LogP contribution in [0.15, 0.2) is 18.3 Å². The van der Waals surface area contributed by atoms with Crippen molar-refractivity contribution in [2.24, 2.45) is 0 Å². The van der Waals surface area contributed by atoms with Crippen LogP contribution in [0, 0.1) is 11.3 Å². The molecule has 1 atom stereocenters. The molecule has 0 amide bonds. The maximum Gasteiger partial charge on any atom is 0.128 e. The molecule has 0 unspecified atom stereocenters. The lowest BCUT2D eigenvalue weighted by Crippen LogP contribution is -2.40. The maximum absolute atomic E-state index is 8.84. The van der Waals surface area contributed by atoms with E-state index in [9.17, 15) is 0 Å². The zero-order valence-electron chi connectivity index (χ0n) is 12.4. The Morgan fingerprint density at radius 2 is 2.30 bits per heavy atom. The van der Waals surface area contributed by atoms with Gasteiger partial charge in [0, 0.05) is 25.4 Å². The van der Waals surface area contributed by atoms with Gasteiger partial charge in [0.05, 0.1) is 11.7 Å². The zero-order chi connectivity index (χ0) is 14.4. The second kappa shape index (κ2) is 7.25. The Kier molecular flexibility index (Phi) is 5.37. The monoisotopic (exact) mass is 273 g/mol. The van der Waals surface area contributed by atoms with Crippen molar-refractivity contribution in [3.8, 4) is 6.07 Å². The van der Waals surface area contributed by atoms with Crippen molar-refractivity contribution in [3.63, 3.8) is 0 Å². The number of aromatic nitrogens is 1. The molecule has 0 aliphatic carbocycles. The summed E-state index contributed by atoms with van der Waals surface area (Å²) < 4.78 is 5.68. The van der Waals surface area contributed by atoms with Crippen molar-refractivity contribution < 1.29 is 4.74 Å². The Hall–Kier alpha value is -1.60. The molecule has 1 aromatic heterocycles. The first-order valence-corrected chi connectivity index (χ1v) is 7.45. The predicted octanol–water partition coefficient (Wildman–Crippen LogP) is 3.13. The molecule has 4 heteroatoms. The van der Waals surface area contributed by atoms with E-state index >= 15 is 0 Å². The van der Waals surface area contributed by atoms with E-state index in [4.69, 9.17) is 10.00 Å². The van der Waals surface area contributed by atoms with Gasteiger partial charge in [0.2, 0.25) is 0 Å². The van der Waals surface area contributed by atoms with Gasteiger partial charge < -0.3 is 9.64 Å². The van der Waals surface area contributed by atoms with E-state index in [2.05, 4.69) is 29.8 Å². The van der Waals surface area contributed by atoms with Crippen molar-refractivity contribution in [1.82, 2.24) is 4.98 Å². The molecule has 20 heavy (non-hydrogen) atoms. The highest BCUT2D eigenvalue weighted by Crippen LogP contribution is 2.25. The number of nitrogens with zero attached hydrogens (tertiary/aromatic N) is 3. The van der Waals surface area contributed by atoms with Crippen molar-refractivity contribution in [2.75, 3.05) is 18.1 Å². The summed E-state index contributed by atoms with van der Waals surface area (Å²) in [4.78, 5) is 6.80. The minimum Gasteiger partial charge on any atom is -0.379 e. The van der Waals surface area contributed by atoms with Crippen LogP contribution in [0.5, 0.6) is 0 Å². The van der Waals surface area contributed by atoms with Crippen LogP contribution in [0.4, 0.5) is 5.82 Å². The van der Waals surface area contributed by atoms with Crippen molar-refractivity contribution in [2.45, 2.75) is 51.7 Å². The summed E-state index contributed by atoms with van der Waals surface area (Å²) >= 11 is 0. The molecule has 2 heterocycles. The van der Waals surface area contributed by atoms with Crippen LogP contribution >= 0.6 is 0 Å². The molecule has 108 valence electrons. The summed E-state index contributed by atoms with van der Waals surface area (Å²) in [5, 5.41) is 8.84. The van der Waals surface area contributed by atoms with Gasteiger partial charge in [-0.05, 0) is 51.7 Å². The Labute approximate surface area is 121 Å². The summed E-state index contributed by atoms with van der Waals surface area (Å²) in [6, 6.07) is 6.42. The van der Waals surface area contributed by atoms with Gasteiger partial charge in [0.25, 0.3) is 0 Å². The first kappa shape index (κ1) is 14.8. The largest absolute Gasteiger partial charge is 0.379 e. The first-order valence-electron chi connectivity index (χ1n) is 7.45. The average Bonchev–Trinajstić information content (AvgIpc) is 2.47. The molecule has 0 spiro atoms. The standard InChI is InChI=1S/C16H23N3O/c1-13(2)20-10-8-15-5-3-4-9-19(15)16-7-6-14(11-17)12-18-16/h6-7,12-13,15H,3-5,8-10H2,1-2H3/t15-/m0/s1. The van der Waals surface area contributed by atoms with Crippen LogP contribution in [0.2, 0.25) is 0 Å². The van der Waals surface area contributed by atoms with Crippen LogP contribution in [-0.2, 0) is 4.74 Å². The summed E-state index contributed by atoms with van der Waals surface area (Å²) in [6.45, 7) is 5.99. The fourth-order valence-electron chi connectivity index (χ4n) is 2.66. The summed E-state index contributed by atoms with van der Waals surface area (Å²) in [7, 11) is 0. The molecule has 0 radical (unpaired) electrons. The lowest BCUT2D eigenvalue weighted by molar-refractivity contribution is 0.0717. The number of ether oxygens (including phenoxy) is 1. The Morgan fingerprint density at radius 3 is 2.95 bits per heavy atom. The van der Waals surface area contributed by atoms with Gasteiger partial charge in [0.1, 0.15) is 11.9 Å². The third kappa shape index (κ3) is 3.94. The zero-order valence-corrected chi connectivity index (χ0v) is 12.4. The van der Waals surface area contributed by atoms with E-state index in [1.165, 1.54) is 19.3 Å². The van der Waals surface area contributed by atoms with Crippen LogP contribution in [0.1, 0.15) is 45.1 Å². The fraction of sp³-hybridized carbons (Fsp3) is 0.625. The minimum absolute atomic E-state index is 0.292. The molecule has 1 saturated heterocycles. The molecule has 0 N–H and O–H groups in total. The highest BCUT2D eigenvalue weighted by Gasteiger charge is 2.23. The number of pyridine rings is 1. The van der Waals surface area contributed by atoms with Gasteiger partial charge >= 0.3 is 0 Å². The highest BCUT2D eigenvalue weighted by atomic mass is 16.5. The lowest BCUT2D eigenvalue weighted by atomic mass is 9.99. The number of hydrogen-bond donors (Lipinski definition) is 0. The van der Waals surface area contributed by atoms with Gasteiger partial charge in [-0.1, -0.05) is 0 Å². The van der Waals surface area contributed by atoms with E-state index in [1.54, 1.807) is 6.20 Å². The van der Waals surface area contributed by atoms with Gasteiger partial charge in [-0.3, -0.25) is 0 Å². The normalized spacial score (nSPS) is 19.1. The third-order valence-electron chi connectivity index (χ3n) is 3.70. The number of rotatable bonds is 5. The van der Waals surface area contributed by atoms with Gasteiger partial charge in [-0.15, -0.1) is 0 Å². The van der Waals surface area contributed by atoms with Crippen LogP contribution in [0.3, 0.4) is 0 Å².